The molecule has 0 amide bonds. The largest absolute Gasteiger partial charge is 0.487 e. The molecule has 1 aliphatic rings. The molecule has 1 aromatic heterocycles. The Hall–Kier alpha value is -1.01. The van der Waals surface area contributed by atoms with Crippen LogP contribution in [0.25, 0.3) is 0 Å². The lowest BCUT2D eigenvalue weighted by molar-refractivity contribution is 0.0622. The van der Waals surface area contributed by atoms with Crippen LogP contribution < -0.4 is 15.8 Å². The third-order valence-corrected chi connectivity index (χ3v) is 4.07. The quantitative estimate of drug-likeness (QED) is 0.860. The van der Waals surface area contributed by atoms with E-state index >= 15 is 0 Å². The molecule has 1 aliphatic heterocycles. The second-order valence-corrected chi connectivity index (χ2v) is 5.32. The molecule has 18 heavy (non-hydrogen) atoms. The van der Waals surface area contributed by atoms with E-state index in [-0.39, 0.29) is 0 Å². The van der Waals surface area contributed by atoms with Gasteiger partial charge in [-0.15, -0.1) is 0 Å². The van der Waals surface area contributed by atoms with E-state index in [0.29, 0.717) is 30.1 Å². The van der Waals surface area contributed by atoms with Gasteiger partial charge in [-0.1, -0.05) is 0 Å². The normalized spacial score (nSPS) is 18.6. The molecule has 0 radical (unpaired) electrons. The Bertz CT molecular complexity index is 377. The predicted octanol–water partition coefficient (Wildman–Crippen LogP) is 2.35. The van der Waals surface area contributed by atoms with Crippen molar-refractivity contribution in [1.82, 2.24) is 4.37 Å². The van der Waals surface area contributed by atoms with E-state index in [4.69, 9.17) is 15.2 Å². The van der Waals surface area contributed by atoms with E-state index in [1.54, 1.807) is 0 Å². The molecule has 0 saturated carbocycles. The summed E-state index contributed by atoms with van der Waals surface area (Å²) in [6.07, 6.45) is 2.21. The number of anilines is 2. The highest BCUT2D eigenvalue weighted by Crippen LogP contribution is 2.36. The van der Waals surface area contributed by atoms with Gasteiger partial charge in [-0.25, -0.2) is 0 Å². The van der Waals surface area contributed by atoms with E-state index in [0.717, 1.165) is 31.1 Å². The van der Waals surface area contributed by atoms with Gasteiger partial charge in [0.2, 0.25) is 0 Å². The molecule has 1 fully saturated rings. The van der Waals surface area contributed by atoms with Gasteiger partial charge in [0, 0.05) is 19.3 Å². The molecular weight excluding hydrogens is 250 g/mol. The van der Waals surface area contributed by atoms with E-state index < -0.39 is 0 Å². The molecule has 102 valence electrons. The van der Waals surface area contributed by atoms with Crippen LogP contribution in [0.4, 0.5) is 10.8 Å². The number of nitrogens with zero attached hydrogens (tertiary/aromatic N) is 1. The van der Waals surface area contributed by atoms with E-state index in [1.807, 2.05) is 6.92 Å². The smallest absolute Gasteiger partial charge is 0.197 e. The van der Waals surface area contributed by atoms with E-state index in [9.17, 15) is 0 Å². The van der Waals surface area contributed by atoms with Crippen molar-refractivity contribution >= 4 is 22.4 Å². The molecule has 2 rings (SSSR count). The average Bonchev–Trinajstić information content (AvgIpc) is 2.73. The van der Waals surface area contributed by atoms with Crippen molar-refractivity contribution in [1.29, 1.82) is 0 Å². The van der Waals surface area contributed by atoms with Crippen molar-refractivity contribution in [2.75, 3.05) is 30.9 Å². The molecule has 0 aliphatic carbocycles. The Morgan fingerprint density at radius 2 is 2.28 bits per heavy atom. The number of rotatable bonds is 5. The fourth-order valence-corrected chi connectivity index (χ4v) is 2.97. The van der Waals surface area contributed by atoms with Gasteiger partial charge in [0.15, 0.2) is 16.6 Å². The predicted molar refractivity (Wildman–Crippen MR) is 74.3 cm³/mol. The molecule has 1 atom stereocenters. The van der Waals surface area contributed by atoms with Gasteiger partial charge in [-0.3, -0.25) is 0 Å². The van der Waals surface area contributed by atoms with Crippen LogP contribution in [0, 0.1) is 5.92 Å². The van der Waals surface area contributed by atoms with Gasteiger partial charge >= 0.3 is 0 Å². The van der Waals surface area contributed by atoms with Gasteiger partial charge in [0.1, 0.15) is 0 Å². The molecule has 2 heterocycles. The summed E-state index contributed by atoms with van der Waals surface area (Å²) in [4.78, 5) is 0. The average molecular weight is 271 g/mol. The summed E-state index contributed by atoms with van der Waals surface area (Å²) in [5.74, 6) is 1.81. The highest BCUT2D eigenvalue weighted by molar-refractivity contribution is 7.11. The molecular formula is C12H21N3O2S. The first-order valence-electron chi connectivity index (χ1n) is 6.44. The van der Waals surface area contributed by atoms with Gasteiger partial charge in [0.05, 0.1) is 6.61 Å². The Morgan fingerprint density at radius 1 is 1.56 bits per heavy atom. The van der Waals surface area contributed by atoms with Crippen LogP contribution in [0.15, 0.2) is 0 Å². The zero-order valence-electron chi connectivity index (χ0n) is 10.9. The lowest BCUT2D eigenvalue weighted by Gasteiger charge is -2.28. The minimum absolute atomic E-state index is 0.382. The number of nitrogen functional groups attached to an aromatic ring is 1. The minimum atomic E-state index is 0.382. The van der Waals surface area contributed by atoms with Gasteiger partial charge < -0.3 is 20.5 Å². The molecule has 6 heteroatoms. The van der Waals surface area contributed by atoms with Crippen molar-refractivity contribution < 1.29 is 9.47 Å². The second-order valence-electron chi connectivity index (χ2n) is 4.54. The van der Waals surface area contributed by atoms with Crippen LogP contribution in [0.1, 0.15) is 26.7 Å². The molecule has 0 aromatic carbocycles. The Kier molecular flexibility index (Phi) is 4.66. The highest BCUT2D eigenvalue weighted by Gasteiger charge is 2.22. The number of hydrogen-bond donors (Lipinski definition) is 2. The van der Waals surface area contributed by atoms with Crippen LogP contribution in [-0.4, -0.2) is 30.2 Å². The van der Waals surface area contributed by atoms with Crippen LogP contribution in [0.5, 0.6) is 5.75 Å². The van der Waals surface area contributed by atoms with Crippen LogP contribution in [0.2, 0.25) is 0 Å². The summed E-state index contributed by atoms with van der Waals surface area (Å²) >= 11 is 1.37. The lowest BCUT2D eigenvalue weighted by Crippen LogP contribution is -2.30. The van der Waals surface area contributed by atoms with Crippen molar-refractivity contribution in [3.05, 3.63) is 0 Å². The number of nitrogens with two attached hydrogens (primary N) is 1. The van der Waals surface area contributed by atoms with E-state index in [1.165, 1.54) is 11.5 Å². The third-order valence-electron chi connectivity index (χ3n) is 3.29. The summed E-state index contributed by atoms with van der Waals surface area (Å²) in [6, 6.07) is 0.382. The number of ether oxygens (including phenoxy) is 2. The minimum Gasteiger partial charge on any atom is -0.487 e. The number of aromatic nitrogens is 1. The topological polar surface area (TPSA) is 69.4 Å². The van der Waals surface area contributed by atoms with Crippen LogP contribution in [-0.2, 0) is 4.74 Å². The second kappa shape index (κ2) is 6.24. The van der Waals surface area contributed by atoms with E-state index in [2.05, 4.69) is 16.6 Å². The molecule has 3 N–H and O–H groups in total. The molecule has 5 nitrogen and oxygen atoms in total. The third kappa shape index (κ3) is 3.05. The van der Waals surface area contributed by atoms with Crippen LogP contribution >= 0.6 is 11.5 Å². The molecule has 0 spiro atoms. The Labute approximate surface area is 112 Å². The maximum Gasteiger partial charge on any atom is 0.197 e. The first-order valence-corrected chi connectivity index (χ1v) is 7.22. The highest BCUT2D eigenvalue weighted by atomic mass is 32.1. The number of nitrogens with one attached hydrogen (secondary N) is 1. The van der Waals surface area contributed by atoms with Gasteiger partial charge in [0.25, 0.3) is 0 Å². The van der Waals surface area contributed by atoms with Gasteiger partial charge in [-0.2, -0.15) is 4.37 Å². The lowest BCUT2D eigenvalue weighted by atomic mass is 9.93. The molecule has 1 saturated heterocycles. The fraction of sp³-hybridized carbons (Fsp3) is 0.750. The van der Waals surface area contributed by atoms with Crippen molar-refractivity contribution in [3.8, 4) is 5.75 Å². The standard InChI is InChI=1S/C12H21N3O2S/c1-3-17-10-11(13)15-18-12(10)14-8(2)9-4-6-16-7-5-9/h8-9,14H,3-7H2,1-2H3,(H2,13,15). The SMILES string of the molecule is CCOc1c(N)nsc1NC(C)C1CCOCC1. The van der Waals surface area contributed by atoms with Gasteiger partial charge in [-0.05, 0) is 44.1 Å². The molecule has 1 aromatic rings. The summed E-state index contributed by atoms with van der Waals surface area (Å²) in [6.45, 7) is 6.47. The van der Waals surface area contributed by atoms with Crippen molar-refractivity contribution in [2.24, 2.45) is 5.92 Å². The maximum atomic E-state index is 5.80. The maximum absolute atomic E-state index is 5.80. The van der Waals surface area contributed by atoms with Crippen molar-refractivity contribution in [3.63, 3.8) is 0 Å². The molecule has 0 bridgehead atoms. The summed E-state index contributed by atoms with van der Waals surface area (Å²) < 4.78 is 15.1. The Balaban J connectivity index is 1.99. The summed E-state index contributed by atoms with van der Waals surface area (Å²) in [5, 5.41) is 4.42. The zero-order valence-corrected chi connectivity index (χ0v) is 11.8. The first-order chi connectivity index (χ1) is 8.72. The van der Waals surface area contributed by atoms with Crippen molar-refractivity contribution in [2.45, 2.75) is 32.7 Å². The van der Waals surface area contributed by atoms with Crippen LogP contribution in [0.3, 0.4) is 0 Å². The first kappa shape index (κ1) is 13.4. The molecule has 1 unspecified atom stereocenters. The monoisotopic (exact) mass is 271 g/mol. The fourth-order valence-electron chi connectivity index (χ4n) is 2.21. The summed E-state index contributed by atoms with van der Waals surface area (Å²) in [5.41, 5.74) is 5.80. The zero-order chi connectivity index (χ0) is 13.0. The number of hydrogen-bond acceptors (Lipinski definition) is 6. The Morgan fingerprint density at radius 3 is 2.94 bits per heavy atom. The summed E-state index contributed by atoms with van der Waals surface area (Å²) in [7, 11) is 0.